The summed E-state index contributed by atoms with van der Waals surface area (Å²) in [6.45, 7) is 5.20. The van der Waals surface area contributed by atoms with Crippen molar-refractivity contribution < 1.29 is 9.53 Å². The number of benzene rings is 2. The molecule has 31 heavy (non-hydrogen) atoms. The molecule has 2 heterocycles. The number of carbonyl (C=O) groups is 1. The van der Waals surface area contributed by atoms with E-state index in [1.807, 2.05) is 80.7 Å². The van der Waals surface area contributed by atoms with E-state index in [-0.39, 0.29) is 5.91 Å². The van der Waals surface area contributed by atoms with Crippen LogP contribution < -0.4 is 9.64 Å². The van der Waals surface area contributed by atoms with Crippen LogP contribution in [-0.2, 0) is 4.79 Å². The fourth-order valence-electron chi connectivity index (χ4n) is 3.36. The minimum atomic E-state index is 0.0498. The molecule has 6 nitrogen and oxygen atoms in total. The van der Waals surface area contributed by atoms with Crippen LogP contribution >= 0.6 is 11.8 Å². The van der Waals surface area contributed by atoms with Gasteiger partial charge in [-0.3, -0.25) is 4.79 Å². The number of thioether (sulfide) groups is 1. The molecule has 0 saturated carbocycles. The molecule has 0 aliphatic heterocycles. The number of aromatic nitrogens is 3. The van der Waals surface area contributed by atoms with Gasteiger partial charge in [-0.05, 0) is 56.3 Å². The molecule has 0 fully saturated rings. The highest BCUT2D eigenvalue weighted by Crippen LogP contribution is 2.27. The average molecular weight is 433 g/mol. The molecule has 1 amide bonds. The van der Waals surface area contributed by atoms with E-state index in [4.69, 9.17) is 4.74 Å². The number of para-hydroxylation sites is 1. The van der Waals surface area contributed by atoms with E-state index >= 15 is 0 Å². The van der Waals surface area contributed by atoms with Gasteiger partial charge in [0, 0.05) is 30.2 Å². The van der Waals surface area contributed by atoms with Crippen molar-refractivity contribution in [3.63, 3.8) is 0 Å². The summed E-state index contributed by atoms with van der Waals surface area (Å²) in [7, 11) is 0. The number of anilines is 1. The Morgan fingerprint density at radius 2 is 1.87 bits per heavy atom. The summed E-state index contributed by atoms with van der Waals surface area (Å²) in [5, 5.41) is 5.45. The molecule has 2 aromatic carbocycles. The Labute approximate surface area is 185 Å². The number of ether oxygens (including phenoxy) is 1. The predicted molar refractivity (Wildman–Crippen MR) is 125 cm³/mol. The van der Waals surface area contributed by atoms with Crippen molar-refractivity contribution in [1.29, 1.82) is 0 Å². The molecular weight excluding hydrogens is 408 g/mol. The Balaban J connectivity index is 1.52. The highest BCUT2D eigenvalue weighted by molar-refractivity contribution is 8.00. The Kier molecular flexibility index (Phi) is 6.52. The molecule has 0 aliphatic carbocycles. The first kappa shape index (κ1) is 20.9. The topological polar surface area (TPSA) is 59.7 Å². The molecule has 2 aromatic heterocycles. The molecule has 0 spiro atoms. The van der Waals surface area contributed by atoms with Gasteiger partial charge in [-0.15, -0.1) is 0 Å². The lowest BCUT2D eigenvalue weighted by Crippen LogP contribution is -2.32. The average Bonchev–Trinajstić information content (AvgIpc) is 3.25. The molecule has 7 heteroatoms. The van der Waals surface area contributed by atoms with E-state index < -0.39 is 0 Å². The van der Waals surface area contributed by atoms with Crippen molar-refractivity contribution in [2.45, 2.75) is 18.9 Å². The lowest BCUT2D eigenvalue weighted by molar-refractivity contribution is -0.116. The maximum Gasteiger partial charge on any atom is 0.237 e. The van der Waals surface area contributed by atoms with Gasteiger partial charge in [0.05, 0.1) is 23.6 Å². The van der Waals surface area contributed by atoms with Crippen molar-refractivity contribution in [2.24, 2.45) is 0 Å². The van der Waals surface area contributed by atoms with Crippen LogP contribution in [0.3, 0.4) is 0 Å². The van der Waals surface area contributed by atoms with E-state index in [9.17, 15) is 4.79 Å². The van der Waals surface area contributed by atoms with E-state index in [1.165, 1.54) is 11.8 Å². The van der Waals surface area contributed by atoms with E-state index in [0.717, 1.165) is 33.2 Å². The third kappa shape index (κ3) is 4.72. The standard InChI is InChI=1S/C24H24N4O2S/c1-3-27(19-8-6-5-7-9-19)23(29)17-31-24-22-16-21(26-28(22)15-14-25-24)18-10-12-20(13-11-18)30-4-2/h5-16H,3-4,17H2,1-2H3. The maximum absolute atomic E-state index is 12.8. The Bertz CT molecular complexity index is 1160. The minimum Gasteiger partial charge on any atom is -0.494 e. The van der Waals surface area contributed by atoms with Crippen molar-refractivity contribution in [3.05, 3.63) is 73.1 Å². The fourth-order valence-corrected chi connectivity index (χ4v) is 4.21. The molecule has 0 bridgehead atoms. The van der Waals surface area contributed by atoms with E-state index in [0.29, 0.717) is 18.9 Å². The van der Waals surface area contributed by atoms with Gasteiger partial charge in [0.25, 0.3) is 0 Å². The number of amides is 1. The van der Waals surface area contributed by atoms with Gasteiger partial charge in [-0.2, -0.15) is 5.10 Å². The molecule has 0 unspecified atom stereocenters. The van der Waals surface area contributed by atoms with Gasteiger partial charge in [0.1, 0.15) is 10.8 Å². The third-order valence-corrected chi connectivity index (χ3v) is 5.81. The molecule has 0 atom stereocenters. The van der Waals surface area contributed by atoms with E-state index in [1.54, 1.807) is 15.6 Å². The largest absolute Gasteiger partial charge is 0.494 e. The minimum absolute atomic E-state index is 0.0498. The van der Waals surface area contributed by atoms with Gasteiger partial charge in [-0.25, -0.2) is 9.50 Å². The van der Waals surface area contributed by atoms with Gasteiger partial charge in [0.15, 0.2) is 0 Å². The summed E-state index contributed by atoms with van der Waals surface area (Å²) in [6, 6.07) is 19.6. The summed E-state index contributed by atoms with van der Waals surface area (Å²) in [5.41, 5.74) is 3.64. The zero-order chi connectivity index (χ0) is 21.6. The summed E-state index contributed by atoms with van der Waals surface area (Å²) in [6.07, 6.45) is 3.53. The van der Waals surface area contributed by atoms with Crippen LogP contribution in [0.1, 0.15) is 13.8 Å². The number of hydrogen-bond donors (Lipinski definition) is 0. The zero-order valence-corrected chi connectivity index (χ0v) is 18.4. The molecule has 0 N–H and O–H groups in total. The second-order valence-electron chi connectivity index (χ2n) is 6.81. The number of nitrogens with zero attached hydrogens (tertiary/aromatic N) is 4. The highest BCUT2D eigenvalue weighted by Gasteiger charge is 2.16. The summed E-state index contributed by atoms with van der Waals surface area (Å²) < 4.78 is 7.32. The number of fused-ring (bicyclic) bond motifs is 1. The smallest absolute Gasteiger partial charge is 0.237 e. The van der Waals surface area contributed by atoms with Crippen LogP contribution in [0.15, 0.2) is 78.1 Å². The van der Waals surface area contributed by atoms with Crippen molar-refractivity contribution >= 4 is 28.9 Å². The Morgan fingerprint density at radius 3 is 2.58 bits per heavy atom. The first-order valence-corrected chi connectivity index (χ1v) is 11.2. The van der Waals surface area contributed by atoms with Gasteiger partial charge < -0.3 is 9.64 Å². The molecule has 0 radical (unpaired) electrons. The predicted octanol–water partition coefficient (Wildman–Crippen LogP) is 4.94. The summed E-state index contributed by atoms with van der Waals surface area (Å²) >= 11 is 1.43. The lowest BCUT2D eigenvalue weighted by Gasteiger charge is -2.20. The van der Waals surface area contributed by atoms with E-state index in [2.05, 4.69) is 10.1 Å². The summed E-state index contributed by atoms with van der Waals surface area (Å²) in [4.78, 5) is 19.1. The first-order valence-electron chi connectivity index (χ1n) is 10.3. The van der Waals surface area contributed by atoms with Crippen LogP contribution in [-0.4, -0.2) is 39.4 Å². The van der Waals surface area contributed by atoms with Crippen LogP contribution in [0.4, 0.5) is 5.69 Å². The maximum atomic E-state index is 12.8. The fraction of sp³-hybridized carbons (Fsp3) is 0.208. The lowest BCUT2D eigenvalue weighted by atomic mass is 10.1. The first-order chi connectivity index (χ1) is 15.2. The van der Waals surface area contributed by atoms with Crippen molar-refractivity contribution in [2.75, 3.05) is 23.8 Å². The van der Waals surface area contributed by atoms with Crippen LogP contribution in [0.2, 0.25) is 0 Å². The highest BCUT2D eigenvalue weighted by atomic mass is 32.2. The van der Waals surface area contributed by atoms with Gasteiger partial charge >= 0.3 is 0 Å². The van der Waals surface area contributed by atoms with Crippen molar-refractivity contribution in [1.82, 2.24) is 14.6 Å². The molecule has 158 valence electrons. The van der Waals surface area contributed by atoms with Crippen LogP contribution in [0, 0.1) is 0 Å². The van der Waals surface area contributed by atoms with Crippen LogP contribution in [0.25, 0.3) is 16.8 Å². The Hall–Kier alpha value is -3.32. The summed E-state index contributed by atoms with van der Waals surface area (Å²) in [5.74, 6) is 1.19. The number of hydrogen-bond acceptors (Lipinski definition) is 5. The number of carbonyl (C=O) groups excluding carboxylic acids is 1. The normalized spacial score (nSPS) is 10.9. The Morgan fingerprint density at radius 1 is 1.10 bits per heavy atom. The zero-order valence-electron chi connectivity index (χ0n) is 17.6. The molecule has 0 saturated heterocycles. The SMILES string of the molecule is CCOc1ccc(-c2cc3c(SCC(=O)N(CC)c4ccccc4)nccn3n2)cc1. The van der Waals surface area contributed by atoms with Crippen molar-refractivity contribution in [3.8, 4) is 17.0 Å². The molecule has 0 aliphatic rings. The van der Waals surface area contributed by atoms with Crippen LogP contribution in [0.5, 0.6) is 5.75 Å². The van der Waals surface area contributed by atoms with Gasteiger partial charge in [0.2, 0.25) is 5.91 Å². The second kappa shape index (κ2) is 9.66. The third-order valence-electron chi connectivity index (χ3n) is 4.83. The monoisotopic (exact) mass is 432 g/mol. The molecular formula is C24H24N4O2S. The number of rotatable bonds is 8. The molecule has 4 rings (SSSR count). The van der Waals surface area contributed by atoms with Gasteiger partial charge in [-0.1, -0.05) is 30.0 Å². The second-order valence-corrected chi connectivity index (χ2v) is 7.78. The molecule has 4 aromatic rings. The quantitative estimate of drug-likeness (QED) is 0.369.